The van der Waals surface area contributed by atoms with E-state index >= 15 is 0 Å². The third-order valence-electron chi connectivity index (χ3n) is 22.4. The molecule has 24 aromatic rings. The van der Waals surface area contributed by atoms with E-state index in [0.717, 1.165) is 121 Å². The van der Waals surface area contributed by atoms with Gasteiger partial charge in [0.25, 0.3) is 0 Å². The Morgan fingerprint density at radius 2 is 0.482 bits per heavy atom. The highest BCUT2D eigenvalue weighted by molar-refractivity contribution is 7.25. The van der Waals surface area contributed by atoms with Crippen molar-refractivity contribution < 1.29 is 4.42 Å². The predicted molar refractivity (Wildman–Crippen MR) is 470 cm³/mol. The van der Waals surface area contributed by atoms with E-state index in [1.807, 2.05) is 145 Å². The lowest BCUT2D eigenvalue weighted by atomic mass is 10.0. The predicted octanol–water partition coefficient (Wildman–Crippen LogP) is 26.4. The maximum Gasteiger partial charge on any atom is 0.238 e. The molecule has 0 bridgehead atoms. The van der Waals surface area contributed by atoms with Crippen LogP contribution in [0.2, 0.25) is 0 Å². The third kappa shape index (κ3) is 10.6. The van der Waals surface area contributed by atoms with Gasteiger partial charge in [-0.3, -0.25) is 9.13 Å². The second-order valence-electron chi connectivity index (χ2n) is 28.9. The molecule has 0 amide bonds. The van der Waals surface area contributed by atoms with Gasteiger partial charge in [0.05, 0.1) is 44.1 Å². The molecule has 0 unspecified atom stereocenters. The van der Waals surface area contributed by atoms with Crippen molar-refractivity contribution >= 4 is 141 Å². The van der Waals surface area contributed by atoms with Crippen molar-refractivity contribution in [1.29, 1.82) is 0 Å². The first-order valence-electron chi connectivity index (χ1n) is 38.2. The number of benzene rings is 16. The minimum Gasteiger partial charge on any atom is -0.456 e. The van der Waals surface area contributed by atoms with Gasteiger partial charge in [-0.2, -0.15) is 19.9 Å². The van der Waals surface area contributed by atoms with Crippen molar-refractivity contribution in [2.45, 2.75) is 0 Å². The van der Waals surface area contributed by atoms with Crippen molar-refractivity contribution in [3.63, 3.8) is 0 Å². The number of fused-ring (bicyclic) bond motifs is 18. The van der Waals surface area contributed by atoms with E-state index < -0.39 is 0 Å². The highest BCUT2D eigenvalue weighted by atomic mass is 32.1. The lowest BCUT2D eigenvalue weighted by molar-refractivity contribution is 0.669. The van der Waals surface area contributed by atoms with E-state index in [0.29, 0.717) is 35.2 Å². The number of nitrogens with zero attached hydrogens (tertiary/aromatic N) is 10. The van der Waals surface area contributed by atoms with Crippen LogP contribution in [0.3, 0.4) is 0 Å². The molecule has 24 rings (SSSR count). The molecule has 8 aromatic heterocycles. The number of aromatic nitrogens is 10. The van der Waals surface area contributed by atoms with E-state index in [9.17, 15) is 0 Å². The standard InChI is InChI=1S/C51H31N5O.C51H31N5S/c2*1-3-13-32(14-4-1)49-52-50(33-15-5-2-6-16-33)54-51(53-49)56-44-21-11-8-18-38(44)41-30-35(24-27-46(41)56)34-23-26-45-40(29-34)37-17-7-10-20-43(37)55(45)36-25-28-48-42(31-36)39-19-9-12-22-47(39)57-48/h2*1-31H. The molecular weight excluding hydrogens is 1410 g/mol. The van der Waals surface area contributed by atoms with Crippen molar-refractivity contribution in [3.8, 4) is 91.1 Å². The maximum absolute atomic E-state index is 6.17. The lowest BCUT2D eigenvalue weighted by Crippen LogP contribution is -2.06. The van der Waals surface area contributed by atoms with Gasteiger partial charge in [-0.1, -0.05) is 255 Å². The van der Waals surface area contributed by atoms with Gasteiger partial charge in [0, 0.05) is 108 Å². The minimum absolute atomic E-state index is 0.581. The molecule has 114 heavy (non-hydrogen) atoms. The third-order valence-corrected chi connectivity index (χ3v) is 23.5. The molecule has 0 atom stereocenters. The van der Waals surface area contributed by atoms with Gasteiger partial charge >= 0.3 is 0 Å². The number of para-hydroxylation sites is 5. The van der Waals surface area contributed by atoms with Crippen molar-refractivity contribution in [2.75, 3.05) is 0 Å². The summed E-state index contributed by atoms with van der Waals surface area (Å²) in [6, 6.07) is 133. The average Bonchev–Trinajstić information content (AvgIpc) is 1.59. The summed E-state index contributed by atoms with van der Waals surface area (Å²) in [5, 5.41) is 14.3. The molecule has 11 nitrogen and oxygen atoms in total. The van der Waals surface area contributed by atoms with E-state index in [4.69, 9.17) is 34.3 Å². The largest absolute Gasteiger partial charge is 0.456 e. The summed E-state index contributed by atoms with van der Waals surface area (Å²) in [5.41, 5.74) is 21.3. The molecule has 0 aliphatic carbocycles. The maximum atomic E-state index is 6.17. The van der Waals surface area contributed by atoms with Crippen LogP contribution in [0.5, 0.6) is 0 Å². The molecule has 0 saturated carbocycles. The average molecular weight is 1480 g/mol. The Balaban J connectivity index is 0.000000135. The highest BCUT2D eigenvalue weighted by Crippen LogP contribution is 2.44. The summed E-state index contributed by atoms with van der Waals surface area (Å²) in [5.74, 6) is 3.71. The monoisotopic (exact) mass is 1470 g/mol. The molecule has 0 N–H and O–H groups in total. The molecule has 0 radical (unpaired) electrons. The van der Waals surface area contributed by atoms with Crippen LogP contribution < -0.4 is 0 Å². The topological polar surface area (TPSA) is 110 Å². The molecule has 0 aliphatic rings. The van der Waals surface area contributed by atoms with Gasteiger partial charge in [0.2, 0.25) is 11.9 Å². The summed E-state index contributed by atoms with van der Waals surface area (Å²) < 4.78 is 17.9. The quantitative estimate of drug-likeness (QED) is 0.134. The summed E-state index contributed by atoms with van der Waals surface area (Å²) in [7, 11) is 0. The Labute approximate surface area is 656 Å². The van der Waals surface area contributed by atoms with Crippen LogP contribution in [0, 0.1) is 0 Å². The Morgan fingerprint density at radius 3 is 0.895 bits per heavy atom. The SMILES string of the molecule is c1ccc(-c2nc(-c3ccccc3)nc(-n3c4ccccc4c4cc(-c5ccc6c(c5)c5ccccc5n6-c5ccc6oc7ccccc7c6c5)ccc43)n2)cc1.c1ccc(-c2nc(-c3ccccc3)nc(-n3c4ccccc4c4cc(-c5ccc6c(c5)c5ccccc5n6-c5ccc6sc7ccccc7c6c5)ccc43)n2)cc1. The molecule has 12 heteroatoms. The molecule has 0 spiro atoms. The van der Waals surface area contributed by atoms with Crippen molar-refractivity contribution in [1.82, 2.24) is 48.2 Å². The van der Waals surface area contributed by atoms with Crippen LogP contribution >= 0.6 is 11.3 Å². The van der Waals surface area contributed by atoms with E-state index in [-0.39, 0.29) is 0 Å². The Kier molecular flexibility index (Phi) is 14.9. The first kappa shape index (κ1) is 64.7. The second-order valence-corrected chi connectivity index (χ2v) is 30.0. The molecule has 0 fully saturated rings. The lowest BCUT2D eigenvalue weighted by Gasteiger charge is -2.11. The van der Waals surface area contributed by atoms with Crippen LogP contribution in [-0.2, 0) is 0 Å². The zero-order valence-electron chi connectivity index (χ0n) is 61.1. The molecule has 8 heterocycles. The number of hydrogen-bond acceptors (Lipinski definition) is 8. The number of rotatable bonds is 10. The molecular formula is C102H62N10OS. The molecule has 532 valence electrons. The minimum atomic E-state index is 0.581. The number of thiophene rings is 1. The van der Waals surface area contributed by atoms with Gasteiger partial charge in [-0.05, 0) is 144 Å². The van der Waals surface area contributed by atoms with E-state index in [2.05, 4.69) is 261 Å². The summed E-state index contributed by atoms with van der Waals surface area (Å²) >= 11 is 1.85. The van der Waals surface area contributed by atoms with Gasteiger partial charge in [0.15, 0.2) is 23.3 Å². The smallest absolute Gasteiger partial charge is 0.238 e. The van der Waals surface area contributed by atoms with Gasteiger partial charge in [0.1, 0.15) is 11.2 Å². The van der Waals surface area contributed by atoms with Crippen LogP contribution in [-0.4, -0.2) is 48.2 Å². The Hall–Kier alpha value is -15.2. The first-order valence-corrected chi connectivity index (χ1v) is 39.0. The summed E-state index contributed by atoms with van der Waals surface area (Å²) in [6.07, 6.45) is 0. The Bertz CT molecular complexity index is 7410. The van der Waals surface area contributed by atoms with Crippen molar-refractivity contribution in [2.24, 2.45) is 0 Å². The van der Waals surface area contributed by atoms with Crippen LogP contribution in [0.4, 0.5) is 0 Å². The zero-order valence-corrected chi connectivity index (χ0v) is 61.9. The van der Waals surface area contributed by atoms with E-state index in [1.54, 1.807) is 0 Å². The fourth-order valence-electron chi connectivity index (χ4n) is 17.1. The van der Waals surface area contributed by atoms with Gasteiger partial charge < -0.3 is 13.6 Å². The molecule has 16 aromatic carbocycles. The van der Waals surface area contributed by atoms with E-state index in [1.165, 1.54) is 64.0 Å². The molecule has 0 aliphatic heterocycles. The van der Waals surface area contributed by atoms with Crippen LogP contribution in [0.25, 0.3) is 220 Å². The fourth-order valence-corrected chi connectivity index (χ4v) is 18.2. The first-order chi connectivity index (χ1) is 56.5. The number of hydrogen-bond donors (Lipinski definition) is 0. The van der Waals surface area contributed by atoms with Crippen LogP contribution in [0.1, 0.15) is 0 Å². The highest BCUT2D eigenvalue weighted by Gasteiger charge is 2.24. The van der Waals surface area contributed by atoms with Gasteiger partial charge in [-0.15, -0.1) is 11.3 Å². The molecule has 0 saturated heterocycles. The van der Waals surface area contributed by atoms with Gasteiger partial charge in [-0.25, -0.2) is 9.97 Å². The van der Waals surface area contributed by atoms with Crippen molar-refractivity contribution in [3.05, 3.63) is 376 Å². The number of furan rings is 1. The Morgan fingerprint density at radius 1 is 0.184 bits per heavy atom. The second kappa shape index (κ2) is 26.2. The fraction of sp³-hybridized carbons (Fsp3) is 0. The normalized spacial score (nSPS) is 11.9. The van der Waals surface area contributed by atoms with Crippen LogP contribution in [0.15, 0.2) is 381 Å². The zero-order chi connectivity index (χ0) is 74.9. The summed E-state index contributed by atoms with van der Waals surface area (Å²) in [6.45, 7) is 0. The summed E-state index contributed by atoms with van der Waals surface area (Å²) in [4.78, 5) is 30.3.